The molecule has 1 heterocycles. The highest BCUT2D eigenvalue weighted by Crippen LogP contribution is 2.22. The summed E-state index contributed by atoms with van der Waals surface area (Å²) in [6.45, 7) is 4.68. The number of amides is 10. The van der Waals surface area contributed by atoms with Crippen molar-refractivity contribution in [3.05, 3.63) is 29.8 Å². The van der Waals surface area contributed by atoms with Gasteiger partial charge >= 0.3 is 6.09 Å². The lowest BCUT2D eigenvalue weighted by Crippen LogP contribution is -2.56. The van der Waals surface area contributed by atoms with Gasteiger partial charge in [-0.2, -0.15) is 11.8 Å². The number of imide groups is 1. The number of carbonyl (C=O) groups excluding carboxylic acids is 10. The van der Waals surface area contributed by atoms with E-state index >= 15 is 0 Å². The molecule has 1 fully saturated rings. The molecule has 0 saturated carbocycles. The second kappa shape index (κ2) is 32.8. The largest absolute Gasteiger partial charge is 0.445 e. The molecule has 1 saturated heterocycles. The van der Waals surface area contributed by atoms with Crippen LogP contribution in [0.1, 0.15) is 71.3 Å². The maximum atomic E-state index is 13.4. The van der Waals surface area contributed by atoms with Crippen LogP contribution in [0, 0.1) is 5.92 Å². The Kier molecular flexibility index (Phi) is 28.1. The van der Waals surface area contributed by atoms with Crippen molar-refractivity contribution in [2.45, 2.75) is 102 Å². The quantitative estimate of drug-likeness (QED) is 0.0273. The predicted octanol–water partition coefficient (Wildman–Crippen LogP) is -1.86. The number of hydrogen-bond donors (Lipinski definition) is 10. The zero-order chi connectivity index (χ0) is 51.3. The number of hydrogen-bond acceptors (Lipinski definition) is 16. The van der Waals surface area contributed by atoms with Crippen molar-refractivity contribution in [1.29, 1.82) is 0 Å². The molecule has 0 bridgehead atoms. The fourth-order valence-corrected chi connectivity index (χ4v) is 7.23. The van der Waals surface area contributed by atoms with Crippen LogP contribution in [0.2, 0.25) is 0 Å². The van der Waals surface area contributed by atoms with Gasteiger partial charge in [0.1, 0.15) is 30.8 Å². The lowest BCUT2D eigenvalue weighted by Gasteiger charge is -2.24. The molecule has 1 aliphatic heterocycles. The number of alkyl carbamates (subject to hydrolysis) is 1. The molecule has 25 heteroatoms. The highest BCUT2D eigenvalue weighted by atomic mass is 32.2. The van der Waals surface area contributed by atoms with Gasteiger partial charge in [-0.25, -0.2) is 4.79 Å². The minimum absolute atomic E-state index is 0.0205. The molecule has 69 heavy (non-hydrogen) atoms. The van der Waals surface area contributed by atoms with Crippen LogP contribution in [0.4, 0.5) is 10.5 Å². The summed E-state index contributed by atoms with van der Waals surface area (Å²) in [6, 6.07) is 1.57. The highest BCUT2D eigenvalue weighted by molar-refractivity contribution is 8.00. The first-order valence-electron chi connectivity index (χ1n) is 22.7. The van der Waals surface area contributed by atoms with Crippen molar-refractivity contribution in [2.24, 2.45) is 11.7 Å². The Morgan fingerprint density at radius 2 is 1.48 bits per heavy atom. The van der Waals surface area contributed by atoms with E-state index < -0.39 is 90.0 Å². The van der Waals surface area contributed by atoms with Gasteiger partial charge in [0.15, 0.2) is 0 Å². The SMILES string of the molecule is COCCOCCNC(=O)[C@H](CCC(=O)N[C@@H](CC(C)C)C(=O)N[C@@H](CO)C(=O)NCC(=O)N[C@@H](CCCCN)C(=O)Nc1ccc(COC(=O)NCCN2C(=O)CC(SC)C2=O)cc1)NC(C)=O. The predicted molar refractivity (Wildman–Crippen MR) is 253 cm³/mol. The molecule has 0 aromatic heterocycles. The van der Waals surface area contributed by atoms with Crippen LogP contribution < -0.4 is 48.3 Å². The van der Waals surface area contributed by atoms with E-state index in [2.05, 4.69) is 42.5 Å². The lowest BCUT2D eigenvalue weighted by atomic mass is 10.0. The maximum absolute atomic E-state index is 13.4. The number of aliphatic hydroxyl groups is 1. The molecule has 10 amide bonds. The van der Waals surface area contributed by atoms with Crippen LogP contribution in [0.3, 0.4) is 0 Å². The first-order chi connectivity index (χ1) is 32.9. The third kappa shape index (κ3) is 23.3. The molecule has 0 radical (unpaired) electrons. The van der Waals surface area contributed by atoms with Gasteiger partial charge in [0, 0.05) is 52.2 Å². The van der Waals surface area contributed by atoms with Crippen molar-refractivity contribution in [1.82, 2.24) is 42.1 Å². The summed E-state index contributed by atoms with van der Waals surface area (Å²) < 4.78 is 15.4. The second-order valence-corrected chi connectivity index (χ2v) is 17.3. The van der Waals surface area contributed by atoms with Gasteiger partial charge in [-0.3, -0.25) is 48.1 Å². The minimum atomic E-state index is -1.53. The fraction of sp³-hybridized carbons (Fsp3) is 0.636. The summed E-state index contributed by atoms with van der Waals surface area (Å²) in [6.07, 6.45) is 2.15. The number of unbranched alkanes of at least 4 members (excludes halogenated alkanes) is 1. The number of carbonyl (C=O) groups is 10. The van der Waals surface area contributed by atoms with Crippen LogP contribution in [0.25, 0.3) is 0 Å². The highest BCUT2D eigenvalue weighted by Gasteiger charge is 2.37. The number of methoxy groups -OCH3 is 1. The van der Waals surface area contributed by atoms with Crippen molar-refractivity contribution in [3.63, 3.8) is 0 Å². The van der Waals surface area contributed by atoms with Crippen LogP contribution in [-0.4, -0.2) is 171 Å². The molecule has 1 unspecified atom stereocenters. The number of benzene rings is 1. The number of ether oxygens (including phenoxy) is 3. The molecule has 1 aromatic rings. The zero-order valence-corrected chi connectivity index (χ0v) is 40.8. The smallest absolute Gasteiger partial charge is 0.407 e. The molecule has 386 valence electrons. The van der Waals surface area contributed by atoms with E-state index in [1.54, 1.807) is 44.4 Å². The Balaban J connectivity index is 1.91. The average Bonchev–Trinajstić information content (AvgIpc) is 3.59. The van der Waals surface area contributed by atoms with Crippen molar-refractivity contribution >= 4 is 76.7 Å². The van der Waals surface area contributed by atoms with Crippen molar-refractivity contribution in [3.8, 4) is 0 Å². The number of nitrogens with two attached hydrogens (primary N) is 1. The Morgan fingerprint density at radius 1 is 0.797 bits per heavy atom. The van der Waals surface area contributed by atoms with E-state index in [1.165, 1.54) is 25.8 Å². The fourth-order valence-electron chi connectivity index (χ4n) is 6.59. The summed E-state index contributed by atoms with van der Waals surface area (Å²) >= 11 is 1.30. The lowest BCUT2D eigenvalue weighted by molar-refractivity contribution is -0.138. The molecule has 5 atom stereocenters. The van der Waals surface area contributed by atoms with Gasteiger partial charge in [-0.15, -0.1) is 0 Å². The molecular formula is C44H70N10O14S. The Labute approximate surface area is 406 Å². The van der Waals surface area contributed by atoms with Crippen LogP contribution >= 0.6 is 11.8 Å². The standard InChI is InChI=1S/C44H70N10O14S/c1-27(2)22-33(52-36(57)14-13-32(49-28(3)56)39(60)46-17-19-67-21-20-66-4)42(63)53-34(25-55)40(61)48-24-37(58)51-31(8-6-7-15-45)41(62)50-30-11-9-29(10-12-30)26-68-44(65)47-16-18-54-38(59)23-35(69-5)43(54)64/h9-12,27,31-35,55H,6-8,13-26,45H2,1-5H3,(H,46,60)(H,47,65)(H,48,61)(H,49,56)(H,50,62)(H,51,58)(H,52,57)(H,53,63)/t31-,32-,33-,34-,35?/m0/s1. The molecule has 1 aromatic carbocycles. The van der Waals surface area contributed by atoms with E-state index in [4.69, 9.17) is 19.9 Å². The third-order valence-electron chi connectivity index (χ3n) is 10.2. The van der Waals surface area contributed by atoms with Crippen molar-refractivity contribution < 1.29 is 67.3 Å². The normalized spacial score (nSPS) is 15.0. The molecule has 0 spiro atoms. The summed E-state index contributed by atoms with van der Waals surface area (Å²) in [4.78, 5) is 128. The van der Waals surface area contributed by atoms with E-state index in [0.717, 1.165) is 4.90 Å². The van der Waals surface area contributed by atoms with Crippen LogP contribution in [-0.2, 0) is 64.0 Å². The van der Waals surface area contributed by atoms with Crippen molar-refractivity contribution in [2.75, 3.05) is 77.8 Å². The zero-order valence-electron chi connectivity index (χ0n) is 40.0. The van der Waals surface area contributed by atoms with Gasteiger partial charge in [0.05, 0.1) is 38.2 Å². The summed E-state index contributed by atoms with van der Waals surface area (Å²) in [5.41, 5.74) is 6.59. The first-order valence-corrected chi connectivity index (χ1v) is 24.0. The summed E-state index contributed by atoms with van der Waals surface area (Å²) in [7, 11) is 1.53. The van der Waals surface area contributed by atoms with E-state index in [9.17, 15) is 53.1 Å². The molecule has 0 aliphatic carbocycles. The number of thioether (sulfide) groups is 1. The van der Waals surface area contributed by atoms with E-state index in [0.29, 0.717) is 43.9 Å². The van der Waals surface area contributed by atoms with Crippen LogP contribution in [0.15, 0.2) is 24.3 Å². The second-order valence-electron chi connectivity index (χ2n) is 16.3. The number of likely N-dealkylation sites (tertiary alicyclic amines) is 1. The molecular weight excluding hydrogens is 925 g/mol. The van der Waals surface area contributed by atoms with Gasteiger partial charge in [-0.05, 0) is 68.5 Å². The minimum Gasteiger partial charge on any atom is -0.445 e. The number of aliphatic hydroxyl groups excluding tert-OH is 1. The van der Waals surface area contributed by atoms with Crippen LogP contribution in [0.5, 0.6) is 0 Å². The maximum Gasteiger partial charge on any atom is 0.407 e. The number of anilines is 1. The Hall–Kier alpha value is -5.89. The molecule has 11 N–H and O–H groups in total. The van der Waals surface area contributed by atoms with Gasteiger partial charge in [-0.1, -0.05) is 26.0 Å². The monoisotopic (exact) mass is 994 g/mol. The topological polar surface area (TPSA) is 344 Å². The summed E-state index contributed by atoms with van der Waals surface area (Å²) in [5.74, 6) is -5.37. The molecule has 1 aliphatic rings. The Bertz CT molecular complexity index is 1870. The molecule has 2 rings (SSSR count). The van der Waals surface area contributed by atoms with Gasteiger partial charge in [0.25, 0.3) is 0 Å². The van der Waals surface area contributed by atoms with E-state index in [-0.39, 0.29) is 82.7 Å². The number of nitrogens with one attached hydrogen (secondary N) is 8. The average molecular weight is 995 g/mol. The third-order valence-corrected chi connectivity index (χ3v) is 11.1. The van der Waals surface area contributed by atoms with Gasteiger partial charge in [0.2, 0.25) is 53.2 Å². The first kappa shape index (κ1) is 59.2. The van der Waals surface area contributed by atoms with Gasteiger partial charge < -0.3 is 67.6 Å². The molecule has 24 nitrogen and oxygen atoms in total. The Morgan fingerprint density at radius 3 is 2.10 bits per heavy atom. The van der Waals surface area contributed by atoms with E-state index in [1.807, 2.05) is 0 Å². The number of rotatable bonds is 33. The summed E-state index contributed by atoms with van der Waals surface area (Å²) in [5, 5.41) is 29.9. The number of nitrogens with zero attached hydrogens (tertiary/aromatic N) is 1.